The average Bonchev–Trinajstić information content (AvgIpc) is 3.20. The second kappa shape index (κ2) is 17.7. The van der Waals surface area contributed by atoms with Crippen molar-refractivity contribution in [3.05, 3.63) is 108 Å². The van der Waals surface area contributed by atoms with E-state index in [1.807, 2.05) is 0 Å². The number of fused-ring (bicyclic) bond motifs is 2. The smallest absolute Gasteiger partial charge is 0.316 e. The van der Waals surface area contributed by atoms with Crippen LogP contribution in [0.1, 0.15) is 5.56 Å². The first-order valence-corrected chi connectivity index (χ1v) is 24.1. The van der Waals surface area contributed by atoms with E-state index in [2.05, 4.69) is 51.4 Å². The SMILES string of the molecule is Cc1cc(Nc2nc(Cl)nc(Nc3ccc(N=Nc4cc(S(=O)(=O)O)c5cccc(S(=O)(=O)O)c5c4)c(NC(N)=O)c3)n2)ccc1N=Nc1cc(S(=O)(=O)O)c2cccc(S(=O)(=O)O)c2c1. The van der Waals surface area contributed by atoms with Crippen molar-refractivity contribution in [2.45, 2.75) is 26.5 Å². The zero-order valence-corrected chi connectivity index (χ0v) is 36.9. The first-order valence-electron chi connectivity index (χ1n) is 18.0. The number of urea groups is 1. The summed E-state index contributed by atoms with van der Waals surface area (Å²) in [4.78, 5) is 21.7. The van der Waals surface area contributed by atoms with Crippen LogP contribution in [0.25, 0.3) is 21.5 Å². The molecule has 340 valence electrons. The summed E-state index contributed by atoms with van der Waals surface area (Å²) >= 11 is 6.21. The van der Waals surface area contributed by atoms with Crippen LogP contribution in [0.5, 0.6) is 0 Å². The first-order chi connectivity index (χ1) is 30.8. The molecule has 0 saturated carbocycles. The van der Waals surface area contributed by atoms with Crippen LogP contribution in [-0.4, -0.2) is 72.9 Å². The number of azo groups is 2. The molecule has 7 rings (SSSR count). The van der Waals surface area contributed by atoms with Gasteiger partial charge >= 0.3 is 6.03 Å². The molecule has 0 saturated heterocycles. The minimum Gasteiger partial charge on any atom is -0.351 e. The van der Waals surface area contributed by atoms with Gasteiger partial charge < -0.3 is 21.7 Å². The molecule has 1 aromatic heterocycles. The van der Waals surface area contributed by atoms with Gasteiger partial charge in [0.2, 0.25) is 17.2 Å². The number of anilines is 5. The minimum absolute atomic E-state index is 0.0424. The fourth-order valence-corrected chi connectivity index (χ4v) is 9.34. The van der Waals surface area contributed by atoms with Crippen LogP contribution in [0, 0.1) is 6.92 Å². The number of hydrogen-bond acceptors (Lipinski definition) is 18. The number of amides is 2. The van der Waals surface area contributed by atoms with E-state index in [0.717, 1.165) is 30.3 Å². The second-order valence-corrected chi connectivity index (χ2v) is 19.5. The van der Waals surface area contributed by atoms with Gasteiger partial charge in [0, 0.05) is 32.9 Å². The Kier molecular flexibility index (Phi) is 12.5. The van der Waals surface area contributed by atoms with Gasteiger partial charge in [-0.1, -0.05) is 24.3 Å². The molecule has 29 heteroatoms. The molecule has 7 aromatic rings. The molecule has 0 unspecified atom stereocenters. The lowest BCUT2D eigenvalue weighted by Crippen LogP contribution is -2.19. The summed E-state index contributed by atoms with van der Waals surface area (Å²) in [6.07, 6.45) is 0. The highest BCUT2D eigenvalue weighted by Gasteiger charge is 2.23. The number of hydrogen-bond donors (Lipinski definition) is 8. The highest BCUT2D eigenvalue weighted by molar-refractivity contribution is 7.87. The Balaban J connectivity index is 1.13. The molecule has 9 N–H and O–H groups in total. The first kappa shape index (κ1) is 46.8. The maximum absolute atomic E-state index is 12.2. The van der Waals surface area contributed by atoms with Crippen LogP contribution in [0.2, 0.25) is 5.28 Å². The summed E-state index contributed by atoms with van der Waals surface area (Å²) in [6.45, 7) is 1.66. The molecule has 0 bridgehead atoms. The molecule has 0 aliphatic heterocycles. The third kappa shape index (κ3) is 10.7. The second-order valence-electron chi connectivity index (χ2n) is 13.6. The average molecular weight is 998 g/mol. The van der Waals surface area contributed by atoms with Crippen LogP contribution in [0.15, 0.2) is 137 Å². The quantitative estimate of drug-likeness (QED) is 0.0401. The summed E-state index contributed by atoms with van der Waals surface area (Å²) in [5, 5.41) is 23.2. The van der Waals surface area contributed by atoms with E-state index in [-0.39, 0.29) is 72.8 Å². The van der Waals surface area contributed by atoms with E-state index in [1.54, 1.807) is 19.1 Å². The Morgan fingerprint density at radius 2 is 0.985 bits per heavy atom. The van der Waals surface area contributed by atoms with Gasteiger partial charge in [0.1, 0.15) is 25.3 Å². The summed E-state index contributed by atoms with van der Waals surface area (Å²) in [6, 6.07) is 18.9. The van der Waals surface area contributed by atoms with Crippen LogP contribution < -0.4 is 21.7 Å². The van der Waals surface area contributed by atoms with Crippen molar-refractivity contribution in [2.75, 3.05) is 16.0 Å². The van der Waals surface area contributed by atoms with Gasteiger partial charge in [-0.3, -0.25) is 18.2 Å². The van der Waals surface area contributed by atoms with Crippen LogP contribution in [0.4, 0.5) is 56.5 Å². The van der Waals surface area contributed by atoms with E-state index in [0.29, 0.717) is 11.3 Å². The molecule has 0 aliphatic rings. The van der Waals surface area contributed by atoms with Crippen molar-refractivity contribution in [2.24, 2.45) is 26.2 Å². The molecule has 1 heterocycles. The van der Waals surface area contributed by atoms with Crippen LogP contribution in [-0.2, 0) is 40.5 Å². The van der Waals surface area contributed by atoms with Gasteiger partial charge in [-0.2, -0.15) is 64.0 Å². The van der Waals surface area contributed by atoms with Crippen LogP contribution >= 0.6 is 11.6 Å². The lowest BCUT2D eigenvalue weighted by Gasteiger charge is -2.12. The third-order valence-electron chi connectivity index (χ3n) is 9.04. The summed E-state index contributed by atoms with van der Waals surface area (Å²) in [5.74, 6) is -0.146. The van der Waals surface area contributed by atoms with E-state index in [1.165, 1.54) is 54.6 Å². The zero-order chi connectivity index (χ0) is 47.9. The topological polar surface area (TPSA) is 385 Å². The lowest BCUT2D eigenvalue weighted by atomic mass is 10.1. The van der Waals surface area contributed by atoms with Gasteiger partial charge in [-0.25, -0.2) is 4.79 Å². The van der Waals surface area contributed by atoms with E-state index in [4.69, 9.17) is 17.3 Å². The number of primary amides is 1. The maximum atomic E-state index is 12.2. The predicted octanol–water partition coefficient (Wildman–Crippen LogP) is 7.94. The van der Waals surface area contributed by atoms with Crippen LogP contribution in [0.3, 0.4) is 0 Å². The maximum Gasteiger partial charge on any atom is 0.316 e. The van der Waals surface area contributed by atoms with E-state index in [9.17, 15) is 56.7 Å². The molecule has 0 radical (unpaired) electrons. The van der Waals surface area contributed by atoms with E-state index < -0.39 is 66.1 Å². The Morgan fingerprint density at radius 3 is 1.42 bits per heavy atom. The molecule has 6 aromatic carbocycles. The number of nitrogens with zero attached hydrogens (tertiary/aromatic N) is 7. The summed E-state index contributed by atoms with van der Waals surface area (Å²) in [5.41, 5.74) is 6.31. The molecular weight excluding hydrogens is 970 g/mol. The van der Waals surface area contributed by atoms with Crippen molar-refractivity contribution in [3.8, 4) is 0 Å². The Labute approximate surface area is 377 Å². The molecular formula is C37H28ClN11O13S4. The summed E-state index contributed by atoms with van der Waals surface area (Å²) in [7, 11) is -19.5. The van der Waals surface area contributed by atoms with E-state index >= 15 is 0 Å². The van der Waals surface area contributed by atoms with Gasteiger partial charge in [-0.15, -0.1) is 5.11 Å². The number of carbonyl (C=O) groups excluding carboxylic acids is 1. The Bertz CT molecular complexity index is 3710. The number of nitrogens with one attached hydrogen (secondary N) is 3. The molecule has 0 aliphatic carbocycles. The van der Waals surface area contributed by atoms with Gasteiger partial charge in [0.15, 0.2) is 0 Å². The number of benzene rings is 6. The number of aromatic nitrogens is 3. The number of aryl methyl sites for hydroxylation is 1. The standard InChI is InChI=1S/C37H28ClN11O13S4/c1-18-12-19(8-10-27(18)48-46-21-13-25-23(32(16-21)65(57,58)59)4-2-6-30(25)63(51,52)53)40-36-43-34(38)44-37(45-36)41-20-9-11-28(29(15-20)42-35(39)50)49-47-22-14-26-24(33(17-22)66(60,61)62)5-3-7-31(26)64(54,55)56/h2-17H,1H3,(H3,39,42,50)(H,51,52,53)(H,54,55,56)(H,57,58,59)(H,60,61,62)(H2,40,41,43,44,45). The van der Waals surface area contributed by atoms with Crippen molar-refractivity contribution in [1.29, 1.82) is 0 Å². The molecule has 24 nitrogen and oxygen atoms in total. The summed E-state index contributed by atoms with van der Waals surface area (Å²) < 4.78 is 136. The predicted molar refractivity (Wildman–Crippen MR) is 238 cm³/mol. The third-order valence-corrected chi connectivity index (χ3v) is 12.8. The number of nitrogens with two attached hydrogens (primary N) is 1. The molecule has 0 fully saturated rings. The van der Waals surface area contributed by atoms with Gasteiger partial charge in [0.25, 0.3) is 40.5 Å². The van der Waals surface area contributed by atoms with Gasteiger partial charge in [0.05, 0.1) is 22.7 Å². The molecule has 0 spiro atoms. The monoisotopic (exact) mass is 997 g/mol. The normalized spacial score (nSPS) is 12.6. The van der Waals surface area contributed by atoms with Crippen molar-refractivity contribution in [1.82, 2.24) is 15.0 Å². The number of rotatable bonds is 13. The zero-order valence-electron chi connectivity index (χ0n) is 32.9. The molecule has 66 heavy (non-hydrogen) atoms. The Hall–Kier alpha value is -7.15. The van der Waals surface area contributed by atoms with Crippen molar-refractivity contribution in [3.63, 3.8) is 0 Å². The fourth-order valence-electron chi connectivity index (χ4n) is 6.33. The number of carbonyl (C=O) groups is 1. The lowest BCUT2D eigenvalue weighted by molar-refractivity contribution is 0.259. The highest BCUT2D eigenvalue weighted by atomic mass is 35.5. The minimum atomic E-state index is -4.95. The van der Waals surface area contributed by atoms with Crippen molar-refractivity contribution < 1.29 is 56.7 Å². The number of halogens is 1. The molecule has 0 atom stereocenters. The highest BCUT2D eigenvalue weighted by Crippen LogP contribution is 2.37. The van der Waals surface area contributed by atoms with Gasteiger partial charge in [-0.05, 0) is 96.9 Å². The molecule has 2 amide bonds. The van der Waals surface area contributed by atoms with Crippen molar-refractivity contribution >= 4 is 131 Å². The fraction of sp³-hybridized carbons (Fsp3) is 0.0270. The Morgan fingerprint density at radius 1 is 0.545 bits per heavy atom. The largest absolute Gasteiger partial charge is 0.351 e.